The van der Waals surface area contributed by atoms with Crippen molar-refractivity contribution in [2.45, 2.75) is 43.9 Å². The summed E-state index contributed by atoms with van der Waals surface area (Å²) >= 11 is 0. The fraction of sp³-hybridized carbons (Fsp3) is 0.360. The Morgan fingerprint density at radius 1 is 0.970 bits per heavy atom. The summed E-state index contributed by atoms with van der Waals surface area (Å²) in [5.41, 5.74) is 1.51. The maximum Gasteiger partial charge on any atom is 0.416 e. The van der Waals surface area contributed by atoms with E-state index in [-0.39, 0.29) is 23.6 Å². The van der Waals surface area contributed by atoms with Crippen molar-refractivity contribution in [1.29, 1.82) is 0 Å². The first kappa shape index (κ1) is 22.9. The molecule has 2 N–H and O–H groups in total. The van der Waals surface area contributed by atoms with E-state index in [0.29, 0.717) is 0 Å². The Labute approximate surface area is 191 Å². The van der Waals surface area contributed by atoms with Crippen LogP contribution in [0.1, 0.15) is 41.6 Å². The Morgan fingerprint density at radius 3 is 2.24 bits per heavy atom. The maximum atomic E-state index is 12.7. The van der Waals surface area contributed by atoms with Gasteiger partial charge in [-0.15, -0.1) is 0 Å². The Morgan fingerprint density at radius 2 is 1.61 bits per heavy atom. The largest absolute Gasteiger partial charge is 0.416 e. The van der Waals surface area contributed by atoms with Gasteiger partial charge in [0.05, 0.1) is 11.1 Å². The molecule has 1 heterocycles. The number of hydrogen-bond donors (Lipinski definition) is 2. The molecule has 5 nitrogen and oxygen atoms in total. The van der Waals surface area contributed by atoms with Crippen LogP contribution in [-0.4, -0.2) is 37.1 Å². The number of rotatable bonds is 5. The van der Waals surface area contributed by atoms with Gasteiger partial charge in [0, 0.05) is 48.9 Å². The van der Waals surface area contributed by atoms with Crippen LogP contribution >= 0.6 is 0 Å². The summed E-state index contributed by atoms with van der Waals surface area (Å²) < 4.78 is 38.1. The fourth-order valence-corrected chi connectivity index (χ4v) is 4.27. The number of para-hydroxylation sites is 1. The minimum Gasteiger partial charge on any atom is -0.377 e. The zero-order valence-corrected chi connectivity index (χ0v) is 18.6. The van der Waals surface area contributed by atoms with Gasteiger partial charge in [-0.2, -0.15) is 13.2 Å². The van der Waals surface area contributed by atoms with Crippen molar-refractivity contribution in [2.75, 3.05) is 24.3 Å². The highest BCUT2D eigenvalue weighted by Crippen LogP contribution is 2.30. The van der Waals surface area contributed by atoms with E-state index in [1.54, 1.807) is 0 Å². The third kappa shape index (κ3) is 5.38. The molecule has 0 unspecified atom stereocenters. The molecule has 1 aromatic heterocycles. The average Bonchev–Trinajstić information content (AvgIpc) is 2.79. The number of anilines is 2. The normalized spacial score (nSPS) is 18.7. The first-order valence-corrected chi connectivity index (χ1v) is 11.0. The fourth-order valence-electron chi connectivity index (χ4n) is 4.27. The van der Waals surface area contributed by atoms with Crippen molar-refractivity contribution in [3.63, 3.8) is 0 Å². The van der Waals surface area contributed by atoms with Gasteiger partial charge in [-0.25, -0.2) is 4.98 Å². The lowest BCUT2D eigenvalue weighted by atomic mass is 9.91. The molecule has 1 aliphatic carbocycles. The first-order valence-electron chi connectivity index (χ1n) is 11.0. The number of benzene rings is 2. The molecule has 0 atom stereocenters. The van der Waals surface area contributed by atoms with Gasteiger partial charge in [0.2, 0.25) is 0 Å². The predicted octanol–water partition coefficient (Wildman–Crippen LogP) is 5.47. The van der Waals surface area contributed by atoms with Gasteiger partial charge in [-0.1, -0.05) is 18.2 Å². The second-order valence-corrected chi connectivity index (χ2v) is 8.68. The SMILES string of the molecule is CN(C)c1cc(N[C@H]2CC[C@@H](NC(=O)c3ccc(C(F)(F)F)cc3)CC2)nc2ccccc12. The van der Waals surface area contributed by atoms with E-state index in [9.17, 15) is 18.0 Å². The minimum absolute atomic E-state index is 0.000239. The van der Waals surface area contributed by atoms with Crippen LogP contribution in [0.25, 0.3) is 10.9 Å². The molecule has 1 amide bonds. The predicted molar refractivity (Wildman–Crippen MR) is 125 cm³/mol. The van der Waals surface area contributed by atoms with Crippen molar-refractivity contribution in [2.24, 2.45) is 0 Å². The number of fused-ring (bicyclic) bond motifs is 1. The van der Waals surface area contributed by atoms with E-state index in [2.05, 4.69) is 27.7 Å². The Balaban J connectivity index is 1.34. The minimum atomic E-state index is -4.41. The van der Waals surface area contributed by atoms with E-state index < -0.39 is 11.7 Å². The Bertz CT molecular complexity index is 1120. The van der Waals surface area contributed by atoms with Crippen molar-refractivity contribution >= 4 is 28.3 Å². The van der Waals surface area contributed by atoms with Gasteiger partial charge in [-0.05, 0) is 56.0 Å². The smallest absolute Gasteiger partial charge is 0.377 e. The molecule has 0 radical (unpaired) electrons. The van der Waals surface area contributed by atoms with Crippen molar-refractivity contribution < 1.29 is 18.0 Å². The first-order chi connectivity index (χ1) is 15.7. The highest BCUT2D eigenvalue weighted by atomic mass is 19.4. The van der Waals surface area contributed by atoms with Crippen LogP contribution in [0.15, 0.2) is 54.6 Å². The number of alkyl halides is 3. The van der Waals surface area contributed by atoms with E-state index in [1.807, 2.05) is 32.3 Å². The van der Waals surface area contributed by atoms with Crippen molar-refractivity contribution in [3.05, 3.63) is 65.7 Å². The molecule has 3 aromatic rings. The van der Waals surface area contributed by atoms with Crippen LogP contribution in [0.5, 0.6) is 0 Å². The molecule has 1 aliphatic rings. The lowest BCUT2D eigenvalue weighted by Crippen LogP contribution is -2.40. The van der Waals surface area contributed by atoms with Crippen LogP contribution in [0.3, 0.4) is 0 Å². The molecule has 0 saturated heterocycles. The van der Waals surface area contributed by atoms with E-state index >= 15 is 0 Å². The second kappa shape index (κ2) is 9.29. The van der Waals surface area contributed by atoms with Gasteiger partial charge in [0.1, 0.15) is 5.82 Å². The number of aromatic nitrogens is 1. The molecular formula is C25H27F3N4O. The van der Waals surface area contributed by atoms with E-state index in [0.717, 1.165) is 60.2 Å². The molecule has 1 fully saturated rings. The molecule has 0 aliphatic heterocycles. The summed E-state index contributed by atoms with van der Waals surface area (Å²) in [5, 5.41) is 7.59. The summed E-state index contributed by atoms with van der Waals surface area (Å²) in [6, 6.07) is 14.7. The van der Waals surface area contributed by atoms with Gasteiger partial charge < -0.3 is 15.5 Å². The number of nitrogens with zero attached hydrogens (tertiary/aromatic N) is 2. The number of hydrogen-bond acceptors (Lipinski definition) is 4. The van der Waals surface area contributed by atoms with Crippen LogP contribution in [0.2, 0.25) is 0 Å². The lowest BCUT2D eigenvalue weighted by Gasteiger charge is -2.30. The van der Waals surface area contributed by atoms with Crippen LogP contribution in [0.4, 0.5) is 24.7 Å². The molecule has 0 spiro atoms. The summed E-state index contributed by atoms with van der Waals surface area (Å²) in [4.78, 5) is 19.3. The van der Waals surface area contributed by atoms with Crippen molar-refractivity contribution in [3.8, 4) is 0 Å². The zero-order valence-electron chi connectivity index (χ0n) is 18.6. The Kier molecular flexibility index (Phi) is 6.44. The third-order valence-corrected chi connectivity index (χ3v) is 6.06. The highest BCUT2D eigenvalue weighted by Gasteiger charge is 2.30. The molecule has 0 bridgehead atoms. The topological polar surface area (TPSA) is 57.3 Å². The number of nitrogens with one attached hydrogen (secondary N) is 2. The average molecular weight is 457 g/mol. The molecule has 4 rings (SSSR count). The monoisotopic (exact) mass is 456 g/mol. The lowest BCUT2D eigenvalue weighted by molar-refractivity contribution is -0.137. The maximum absolute atomic E-state index is 12.7. The van der Waals surface area contributed by atoms with Gasteiger partial charge in [0.15, 0.2) is 0 Å². The third-order valence-electron chi connectivity index (χ3n) is 6.06. The molecule has 1 saturated carbocycles. The summed E-state index contributed by atoms with van der Waals surface area (Å²) in [5.74, 6) is 0.488. The highest BCUT2D eigenvalue weighted by molar-refractivity contribution is 5.94. The van der Waals surface area contributed by atoms with Crippen LogP contribution < -0.4 is 15.5 Å². The quantitative estimate of drug-likeness (QED) is 0.534. The number of halogens is 3. The summed E-state index contributed by atoms with van der Waals surface area (Å²) in [7, 11) is 4.02. The molecular weight excluding hydrogens is 429 g/mol. The number of pyridine rings is 1. The summed E-state index contributed by atoms with van der Waals surface area (Å²) in [6.45, 7) is 0. The summed E-state index contributed by atoms with van der Waals surface area (Å²) in [6.07, 6.45) is -1.10. The van der Waals surface area contributed by atoms with Gasteiger partial charge in [-0.3, -0.25) is 4.79 Å². The number of carbonyl (C=O) groups excluding carboxylic acids is 1. The molecule has 2 aromatic carbocycles. The van der Waals surface area contributed by atoms with E-state index in [1.165, 1.54) is 12.1 Å². The Hall–Kier alpha value is -3.29. The standard InChI is InChI=1S/C25H27F3N4O/c1-32(2)22-15-23(31-21-6-4-3-5-20(21)22)29-18-11-13-19(14-12-18)30-24(33)16-7-9-17(10-8-16)25(26,27)28/h3-10,15,18-19H,11-14H2,1-2H3,(H,29,31)(H,30,33)/t18-,19+. The number of amides is 1. The number of carbonyl (C=O) groups is 1. The van der Waals surface area contributed by atoms with Gasteiger partial charge >= 0.3 is 6.18 Å². The molecule has 33 heavy (non-hydrogen) atoms. The van der Waals surface area contributed by atoms with Crippen LogP contribution in [0, 0.1) is 0 Å². The molecule has 174 valence electrons. The second-order valence-electron chi connectivity index (χ2n) is 8.68. The zero-order chi connectivity index (χ0) is 23.6. The van der Waals surface area contributed by atoms with Gasteiger partial charge in [0.25, 0.3) is 5.91 Å². The van der Waals surface area contributed by atoms with Crippen LogP contribution in [-0.2, 0) is 6.18 Å². The molecule has 8 heteroatoms. The van der Waals surface area contributed by atoms with Crippen molar-refractivity contribution in [1.82, 2.24) is 10.3 Å². The van der Waals surface area contributed by atoms with E-state index in [4.69, 9.17) is 4.98 Å².